The normalized spacial score (nSPS) is 16.0. The molecule has 1 unspecified atom stereocenters. The molecular formula is C30H31N5O. The Balaban J connectivity index is 1.43. The molecule has 2 aromatic carbocycles. The molecule has 36 heavy (non-hydrogen) atoms. The highest BCUT2D eigenvalue weighted by Crippen LogP contribution is 2.27. The van der Waals surface area contributed by atoms with Gasteiger partial charge in [-0.3, -0.25) is 19.7 Å². The second kappa shape index (κ2) is 10.8. The van der Waals surface area contributed by atoms with Crippen LogP contribution >= 0.6 is 0 Å². The number of likely N-dealkylation sites (tertiary alicyclic amines) is 1. The van der Waals surface area contributed by atoms with Gasteiger partial charge in [-0.2, -0.15) is 0 Å². The number of pyridine rings is 2. The Bertz CT molecular complexity index is 1340. The molecule has 4 aromatic rings. The van der Waals surface area contributed by atoms with Crippen LogP contribution in [0, 0.1) is 6.92 Å². The Labute approximate surface area is 212 Å². The van der Waals surface area contributed by atoms with Crippen molar-refractivity contribution < 1.29 is 4.79 Å². The van der Waals surface area contributed by atoms with Gasteiger partial charge in [0.2, 0.25) is 0 Å². The van der Waals surface area contributed by atoms with E-state index in [0.29, 0.717) is 5.69 Å². The van der Waals surface area contributed by atoms with Crippen LogP contribution in [0.15, 0.2) is 85.2 Å². The summed E-state index contributed by atoms with van der Waals surface area (Å²) in [5.74, 6) is -0.238. The number of carbonyl (C=O) groups excluding carboxylic acids is 1. The summed E-state index contributed by atoms with van der Waals surface area (Å²) in [4.78, 5) is 24.4. The Kier molecular flexibility index (Phi) is 7.16. The van der Waals surface area contributed by atoms with Crippen molar-refractivity contribution in [3.63, 3.8) is 0 Å². The average Bonchev–Trinajstić information content (AvgIpc) is 2.89. The van der Waals surface area contributed by atoms with Crippen LogP contribution in [-0.4, -0.2) is 39.9 Å². The SMILES string of the molecule is Cc1ccc(-c2cc(CN3CCCC(N)C3)cc(NC(=O)c3cc(-c4ccccc4)ccn3)c2)cn1. The summed E-state index contributed by atoms with van der Waals surface area (Å²) in [6.45, 7) is 4.67. The Morgan fingerprint density at radius 2 is 1.83 bits per heavy atom. The number of nitrogens with zero attached hydrogens (tertiary/aromatic N) is 3. The fourth-order valence-electron chi connectivity index (χ4n) is 4.71. The minimum atomic E-state index is -0.238. The summed E-state index contributed by atoms with van der Waals surface area (Å²) in [7, 11) is 0. The molecule has 6 heteroatoms. The lowest BCUT2D eigenvalue weighted by Gasteiger charge is -2.30. The van der Waals surface area contributed by atoms with Gasteiger partial charge in [0.15, 0.2) is 0 Å². The number of anilines is 1. The van der Waals surface area contributed by atoms with Crippen LogP contribution in [0.1, 0.15) is 34.6 Å². The number of piperidine rings is 1. The van der Waals surface area contributed by atoms with Gasteiger partial charge in [-0.25, -0.2) is 0 Å². The topological polar surface area (TPSA) is 84.1 Å². The first kappa shape index (κ1) is 23.9. The molecule has 1 atom stereocenters. The first-order valence-electron chi connectivity index (χ1n) is 12.4. The second-order valence-electron chi connectivity index (χ2n) is 9.49. The molecule has 0 saturated carbocycles. The van der Waals surface area contributed by atoms with Crippen LogP contribution in [0.5, 0.6) is 0 Å². The molecule has 1 aliphatic heterocycles. The summed E-state index contributed by atoms with van der Waals surface area (Å²) < 4.78 is 0. The first-order chi connectivity index (χ1) is 17.5. The Hall–Kier alpha value is -3.87. The Morgan fingerprint density at radius 1 is 0.972 bits per heavy atom. The lowest BCUT2D eigenvalue weighted by Crippen LogP contribution is -2.42. The van der Waals surface area contributed by atoms with Crippen LogP contribution in [0.2, 0.25) is 0 Å². The third-order valence-electron chi connectivity index (χ3n) is 6.54. The number of aromatic nitrogens is 2. The van der Waals surface area contributed by atoms with Crippen molar-refractivity contribution in [2.75, 3.05) is 18.4 Å². The van der Waals surface area contributed by atoms with Gasteiger partial charge in [-0.1, -0.05) is 36.4 Å². The van der Waals surface area contributed by atoms with E-state index in [1.54, 1.807) is 6.20 Å². The number of aryl methyl sites for hydroxylation is 1. The van der Waals surface area contributed by atoms with E-state index >= 15 is 0 Å². The number of benzene rings is 2. The van der Waals surface area contributed by atoms with E-state index < -0.39 is 0 Å². The molecule has 0 aliphatic carbocycles. The van der Waals surface area contributed by atoms with Crippen LogP contribution < -0.4 is 11.1 Å². The molecule has 6 nitrogen and oxygen atoms in total. The van der Waals surface area contributed by atoms with Crippen molar-refractivity contribution in [3.8, 4) is 22.3 Å². The van der Waals surface area contributed by atoms with Crippen molar-refractivity contribution in [1.29, 1.82) is 0 Å². The molecule has 5 rings (SSSR count). The predicted molar refractivity (Wildman–Crippen MR) is 145 cm³/mol. The lowest BCUT2D eigenvalue weighted by atomic mass is 10.0. The summed E-state index contributed by atoms with van der Waals surface area (Å²) in [6.07, 6.45) is 5.73. The molecule has 1 aliphatic rings. The van der Waals surface area contributed by atoms with Crippen LogP contribution in [-0.2, 0) is 6.54 Å². The lowest BCUT2D eigenvalue weighted by molar-refractivity contribution is 0.102. The average molecular weight is 478 g/mol. The van der Waals surface area contributed by atoms with Gasteiger partial charge in [-0.15, -0.1) is 0 Å². The third kappa shape index (κ3) is 5.85. The number of hydrogen-bond acceptors (Lipinski definition) is 5. The molecule has 2 aromatic heterocycles. The van der Waals surface area contributed by atoms with Gasteiger partial charge >= 0.3 is 0 Å². The number of nitrogens with one attached hydrogen (secondary N) is 1. The summed E-state index contributed by atoms with van der Waals surface area (Å²) >= 11 is 0. The van der Waals surface area contributed by atoms with E-state index in [2.05, 4.69) is 32.3 Å². The number of nitrogens with two attached hydrogens (primary N) is 1. The largest absolute Gasteiger partial charge is 0.327 e. The standard InChI is InChI=1S/C30H31N5O/c1-21-9-10-25(18-33-21)26-14-22(19-35-13-5-8-27(31)20-35)15-28(16-26)34-30(36)29-17-24(11-12-32-29)23-6-3-2-4-7-23/h2-4,6-7,9-12,14-18,27H,5,8,13,19-20,31H2,1H3,(H,34,36). The van der Waals surface area contributed by atoms with E-state index in [-0.39, 0.29) is 11.9 Å². The van der Waals surface area contributed by atoms with Crippen LogP contribution in [0.3, 0.4) is 0 Å². The number of hydrogen-bond donors (Lipinski definition) is 2. The minimum Gasteiger partial charge on any atom is -0.327 e. The second-order valence-corrected chi connectivity index (χ2v) is 9.49. The Morgan fingerprint density at radius 3 is 2.61 bits per heavy atom. The minimum absolute atomic E-state index is 0.213. The summed E-state index contributed by atoms with van der Waals surface area (Å²) in [5, 5.41) is 3.08. The summed E-state index contributed by atoms with van der Waals surface area (Å²) in [5.41, 5.74) is 13.5. The fraction of sp³-hybridized carbons (Fsp3) is 0.233. The number of amides is 1. The highest BCUT2D eigenvalue weighted by Gasteiger charge is 2.18. The van der Waals surface area contributed by atoms with Gasteiger partial charge in [-0.05, 0) is 85.0 Å². The number of rotatable bonds is 6. The van der Waals surface area contributed by atoms with Crippen LogP contribution in [0.4, 0.5) is 5.69 Å². The van der Waals surface area contributed by atoms with Crippen molar-refractivity contribution in [1.82, 2.24) is 14.9 Å². The molecule has 1 fully saturated rings. The highest BCUT2D eigenvalue weighted by atomic mass is 16.1. The smallest absolute Gasteiger partial charge is 0.274 e. The van der Waals surface area contributed by atoms with Crippen molar-refractivity contribution in [3.05, 3.63) is 102 Å². The zero-order valence-electron chi connectivity index (χ0n) is 20.5. The molecule has 182 valence electrons. The molecular weight excluding hydrogens is 446 g/mol. The predicted octanol–water partition coefficient (Wildman–Crippen LogP) is 5.29. The van der Waals surface area contributed by atoms with E-state index in [0.717, 1.165) is 71.7 Å². The maximum absolute atomic E-state index is 13.2. The van der Waals surface area contributed by atoms with Gasteiger partial charge < -0.3 is 11.1 Å². The van der Waals surface area contributed by atoms with Crippen molar-refractivity contribution >= 4 is 11.6 Å². The quantitative estimate of drug-likeness (QED) is 0.394. The maximum Gasteiger partial charge on any atom is 0.274 e. The van der Waals surface area contributed by atoms with E-state index in [9.17, 15) is 4.79 Å². The van der Waals surface area contributed by atoms with Crippen molar-refractivity contribution in [2.24, 2.45) is 5.73 Å². The zero-order chi connectivity index (χ0) is 24.9. The molecule has 0 spiro atoms. The molecule has 1 saturated heterocycles. The molecule has 3 N–H and O–H groups in total. The molecule has 0 bridgehead atoms. The van der Waals surface area contributed by atoms with E-state index in [1.165, 1.54) is 0 Å². The molecule has 1 amide bonds. The monoisotopic (exact) mass is 477 g/mol. The van der Waals surface area contributed by atoms with Gasteiger partial charge in [0.1, 0.15) is 5.69 Å². The maximum atomic E-state index is 13.2. The highest BCUT2D eigenvalue weighted by molar-refractivity contribution is 6.03. The molecule has 0 radical (unpaired) electrons. The fourth-order valence-corrected chi connectivity index (χ4v) is 4.71. The van der Waals surface area contributed by atoms with Gasteiger partial charge in [0.05, 0.1) is 0 Å². The van der Waals surface area contributed by atoms with Crippen molar-refractivity contribution in [2.45, 2.75) is 32.4 Å². The molecule has 3 heterocycles. The third-order valence-corrected chi connectivity index (χ3v) is 6.54. The van der Waals surface area contributed by atoms with Gasteiger partial charge in [0.25, 0.3) is 5.91 Å². The van der Waals surface area contributed by atoms with E-state index in [1.807, 2.05) is 73.8 Å². The zero-order valence-corrected chi connectivity index (χ0v) is 20.5. The van der Waals surface area contributed by atoms with Crippen LogP contribution in [0.25, 0.3) is 22.3 Å². The first-order valence-corrected chi connectivity index (χ1v) is 12.4. The van der Waals surface area contributed by atoms with Gasteiger partial charge in [0, 0.05) is 48.5 Å². The van der Waals surface area contributed by atoms with E-state index in [4.69, 9.17) is 5.73 Å². The summed E-state index contributed by atoms with van der Waals surface area (Å²) in [6, 6.07) is 24.2. The number of carbonyl (C=O) groups is 1.